The summed E-state index contributed by atoms with van der Waals surface area (Å²) in [6.07, 6.45) is 0.562. The first-order valence-corrected chi connectivity index (χ1v) is 7.22. The number of H-pyrrole nitrogens is 1. The summed E-state index contributed by atoms with van der Waals surface area (Å²) in [7, 11) is 1.33. The summed E-state index contributed by atoms with van der Waals surface area (Å²) in [5.74, 6) is -0.656. The van der Waals surface area contributed by atoms with Gasteiger partial charge >= 0.3 is 5.97 Å². The second-order valence-electron chi connectivity index (χ2n) is 4.94. The van der Waals surface area contributed by atoms with Crippen LogP contribution in [-0.2, 0) is 17.7 Å². The second kappa shape index (κ2) is 7.40. The van der Waals surface area contributed by atoms with E-state index < -0.39 is 5.97 Å². The number of aryl methyl sites for hydroxylation is 1. The lowest BCUT2D eigenvalue weighted by Crippen LogP contribution is -2.25. The third-order valence-corrected chi connectivity index (χ3v) is 3.43. The van der Waals surface area contributed by atoms with Crippen LogP contribution in [0.1, 0.15) is 38.9 Å². The zero-order chi connectivity index (χ0) is 16.8. The van der Waals surface area contributed by atoms with Crippen molar-refractivity contribution in [3.8, 4) is 0 Å². The normalized spacial score (nSPS) is 10.2. The van der Waals surface area contributed by atoms with Crippen LogP contribution in [0.5, 0.6) is 0 Å². The van der Waals surface area contributed by atoms with E-state index in [2.05, 4.69) is 15.0 Å². The summed E-state index contributed by atoms with van der Waals surface area (Å²) in [6.45, 7) is 2.19. The second-order valence-corrected chi connectivity index (χ2v) is 4.94. The van der Waals surface area contributed by atoms with Gasteiger partial charge in [0, 0.05) is 18.3 Å². The number of carbonyl (C=O) groups is 2. The standard InChI is InChI=1S/C17H18N2O4/c1-3-14-13(8-9-15(20)19-14)16(21)18-10-11-4-6-12(7-5-11)17(22)23-2/h4-9H,3,10H2,1-2H3,(H,18,21)(H,19,20). The molecule has 1 aromatic carbocycles. The predicted molar refractivity (Wildman–Crippen MR) is 85.4 cm³/mol. The van der Waals surface area contributed by atoms with Gasteiger partial charge < -0.3 is 15.0 Å². The Bertz CT molecular complexity index is 763. The number of aromatic nitrogens is 1. The van der Waals surface area contributed by atoms with Crippen LogP contribution in [-0.4, -0.2) is 24.0 Å². The molecule has 0 spiro atoms. The van der Waals surface area contributed by atoms with Crippen molar-refractivity contribution in [2.75, 3.05) is 7.11 Å². The van der Waals surface area contributed by atoms with Crippen LogP contribution in [0.2, 0.25) is 0 Å². The smallest absolute Gasteiger partial charge is 0.337 e. The summed E-state index contributed by atoms with van der Waals surface area (Å²) in [5.41, 5.74) is 2.15. The number of benzene rings is 1. The van der Waals surface area contributed by atoms with Crippen molar-refractivity contribution in [1.29, 1.82) is 0 Å². The number of aromatic amines is 1. The van der Waals surface area contributed by atoms with Gasteiger partial charge in [-0.25, -0.2) is 4.79 Å². The van der Waals surface area contributed by atoms with Crippen LogP contribution in [0.15, 0.2) is 41.2 Å². The van der Waals surface area contributed by atoms with E-state index in [1.54, 1.807) is 24.3 Å². The van der Waals surface area contributed by atoms with Gasteiger partial charge in [-0.2, -0.15) is 0 Å². The molecule has 23 heavy (non-hydrogen) atoms. The van der Waals surface area contributed by atoms with E-state index in [9.17, 15) is 14.4 Å². The van der Waals surface area contributed by atoms with Crippen LogP contribution >= 0.6 is 0 Å². The summed E-state index contributed by atoms with van der Waals surface area (Å²) in [5, 5.41) is 2.79. The van der Waals surface area contributed by atoms with Gasteiger partial charge in [0.1, 0.15) is 0 Å². The maximum atomic E-state index is 12.2. The van der Waals surface area contributed by atoms with E-state index >= 15 is 0 Å². The highest BCUT2D eigenvalue weighted by Gasteiger charge is 2.11. The molecule has 0 aliphatic rings. The number of amides is 1. The van der Waals surface area contributed by atoms with E-state index in [1.807, 2.05) is 6.92 Å². The van der Waals surface area contributed by atoms with Crippen molar-refractivity contribution in [2.45, 2.75) is 19.9 Å². The first-order valence-electron chi connectivity index (χ1n) is 7.22. The number of ether oxygens (including phenoxy) is 1. The van der Waals surface area contributed by atoms with E-state index in [0.717, 1.165) is 5.56 Å². The summed E-state index contributed by atoms with van der Waals surface area (Å²) in [6, 6.07) is 9.64. The monoisotopic (exact) mass is 314 g/mol. The number of rotatable bonds is 5. The number of hydrogen-bond donors (Lipinski definition) is 2. The predicted octanol–water partition coefficient (Wildman–Crippen LogP) is 1.65. The van der Waals surface area contributed by atoms with E-state index in [-0.39, 0.29) is 11.5 Å². The highest BCUT2D eigenvalue weighted by Crippen LogP contribution is 2.07. The quantitative estimate of drug-likeness (QED) is 0.821. The van der Waals surface area contributed by atoms with Crippen LogP contribution in [0, 0.1) is 0 Å². The Hall–Kier alpha value is -2.89. The van der Waals surface area contributed by atoms with Gasteiger partial charge in [-0.3, -0.25) is 9.59 Å². The zero-order valence-electron chi connectivity index (χ0n) is 13.0. The molecule has 0 unspecified atom stereocenters. The summed E-state index contributed by atoms with van der Waals surface area (Å²) >= 11 is 0. The van der Waals surface area contributed by atoms with Gasteiger partial charge in [-0.05, 0) is 30.2 Å². The fourth-order valence-electron chi connectivity index (χ4n) is 2.16. The average Bonchev–Trinajstić information content (AvgIpc) is 2.59. The number of hydrogen-bond acceptors (Lipinski definition) is 4. The summed E-state index contributed by atoms with van der Waals surface area (Å²) < 4.78 is 4.63. The molecule has 120 valence electrons. The van der Waals surface area contributed by atoms with Crippen LogP contribution in [0.3, 0.4) is 0 Å². The third kappa shape index (κ3) is 4.06. The van der Waals surface area contributed by atoms with E-state index in [4.69, 9.17) is 0 Å². The molecule has 2 N–H and O–H groups in total. The Balaban J connectivity index is 2.04. The highest BCUT2D eigenvalue weighted by atomic mass is 16.5. The first-order chi connectivity index (χ1) is 11.0. The molecule has 6 heteroatoms. The lowest BCUT2D eigenvalue weighted by Gasteiger charge is -2.09. The van der Waals surface area contributed by atoms with Crippen molar-refractivity contribution in [3.05, 3.63) is 69.1 Å². The molecule has 0 atom stereocenters. The van der Waals surface area contributed by atoms with Gasteiger partial charge in [0.05, 0.1) is 18.2 Å². The minimum absolute atomic E-state index is 0.225. The fraction of sp³-hybridized carbons (Fsp3) is 0.235. The number of methoxy groups -OCH3 is 1. The maximum absolute atomic E-state index is 12.2. The molecule has 0 bridgehead atoms. The van der Waals surface area contributed by atoms with Gasteiger partial charge in [0.2, 0.25) is 5.56 Å². The van der Waals surface area contributed by atoms with Gasteiger partial charge in [0.25, 0.3) is 5.91 Å². The Morgan fingerprint density at radius 1 is 1.13 bits per heavy atom. The molecule has 0 radical (unpaired) electrons. The maximum Gasteiger partial charge on any atom is 0.337 e. The van der Waals surface area contributed by atoms with Crippen molar-refractivity contribution < 1.29 is 14.3 Å². The van der Waals surface area contributed by atoms with Crippen LogP contribution < -0.4 is 10.9 Å². The molecular formula is C17H18N2O4. The fourth-order valence-corrected chi connectivity index (χ4v) is 2.16. The largest absolute Gasteiger partial charge is 0.465 e. The Kier molecular flexibility index (Phi) is 5.30. The Morgan fingerprint density at radius 3 is 2.43 bits per heavy atom. The molecule has 0 saturated heterocycles. The Labute approximate surface area is 133 Å². The van der Waals surface area contributed by atoms with Crippen molar-refractivity contribution in [2.24, 2.45) is 0 Å². The Morgan fingerprint density at radius 2 is 1.83 bits per heavy atom. The molecule has 1 heterocycles. The van der Waals surface area contributed by atoms with Crippen LogP contribution in [0.4, 0.5) is 0 Å². The molecule has 2 aromatic rings. The first kappa shape index (κ1) is 16.5. The molecule has 1 aromatic heterocycles. The minimum atomic E-state index is -0.401. The van der Waals surface area contributed by atoms with Gasteiger partial charge in [0.15, 0.2) is 0 Å². The number of nitrogens with one attached hydrogen (secondary N) is 2. The van der Waals surface area contributed by atoms with Crippen molar-refractivity contribution in [1.82, 2.24) is 10.3 Å². The number of carbonyl (C=O) groups excluding carboxylic acids is 2. The third-order valence-electron chi connectivity index (χ3n) is 3.43. The topological polar surface area (TPSA) is 88.3 Å². The zero-order valence-corrected chi connectivity index (χ0v) is 13.0. The molecule has 0 saturated carbocycles. The molecule has 0 fully saturated rings. The van der Waals surface area contributed by atoms with Gasteiger partial charge in [-0.1, -0.05) is 19.1 Å². The molecular weight excluding hydrogens is 296 g/mol. The number of esters is 1. The molecule has 0 aliphatic heterocycles. The average molecular weight is 314 g/mol. The van der Waals surface area contributed by atoms with Crippen LogP contribution in [0.25, 0.3) is 0 Å². The molecule has 0 aliphatic carbocycles. The SMILES string of the molecule is CCc1[nH]c(=O)ccc1C(=O)NCc1ccc(C(=O)OC)cc1. The van der Waals surface area contributed by atoms with Gasteiger partial charge in [-0.15, -0.1) is 0 Å². The molecule has 6 nitrogen and oxygen atoms in total. The summed E-state index contributed by atoms with van der Waals surface area (Å²) in [4.78, 5) is 37.5. The lowest BCUT2D eigenvalue weighted by atomic mass is 10.1. The lowest BCUT2D eigenvalue weighted by molar-refractivity contribution is 0.0600. The highest BCUT2D eigenvalue weighted by molar-refractivity contribution is 5.95. The minimum Gasteiger partial charge on any atom is -0.465 e. The van der Waals surface area contributed by atoms with E-state index in [1.165, 1.54) is 19.2 Å². The van der Waals surface area contributed by atoms with Crippen molar-refractivity contribution >= 4 is 11.9 Å². The van der Waals surface area contributed by atoms with Crippen molar-refractivity contribution in [3.63, 3.8) is 0 Å². The molecule has 2 rings (SSSR count). The molecule has 1 amide bonds. The van der Waals surface area contributed by atoms with E-state index in [0.29, 0.717) is 29.8 Å². The number of pyridine rings is 1.